The fourth-order valence-corrected chi connectivity index (χ4v) is 5.58. The molecule has 0 aliphatic carbocycles. The monoisotopic (exact) mass is 545 g/mol. The molecule has 0 radical (unpaired) electrons. The van der Waals surface area contributed by atoms with Crippen LogP contribution in [-0.2, 0) is 10.0 Å². The number of para-hydroxylation sites is 2. The number of aromatic nitrogens is 3. The molecule has 1 saturated heterocycles. The molecule has 200 valence electrons. The van der Waals surface area contributed by atoms with Crippen LogP contribution < -0.4 is 25.0 Å². The van der Waals surface area contributed by atoms with E-state index in [9.17, 15) is 13.7 Å². The van der Waals surface area contributed by atoms with Crippen LogP contribution in [0.15, 0.2) is 48.7 Å². The highest BCUT2D eigenvalue weighted by atomic mass is 32.2. The molecule has 2 aliphatic rings. The van der Waals surface area contributed by atoms with Crippen LogP contribution in [0.3, 0.4) is 0 Å². The number of ether oxygens (including phenoxy) is 1. The number of nitrogens with one attached hydrogen (secondary N) is 4. The number of rotatable bonds is 6. The Bertz CT molecular complexity index is 1710. The van der Waals surface area contributed by atoms with Gasteiger partial charge in [-0.2, -0.15) is 15.2 Å². The maximum atomic E-state index is 11.9. The van der Waals surface area contributed by atoms with Crippen LogP contribution in [0.1, 0.15) is 5.56 Å². The Hall–Kier alpha value is -4.54. The van der Waals surface area contributed by atoms with E-state index in [-0.39, 0.29) is 5.95 Å². The predicted octanol–water partition coefficient (Wildman–Crippen LogP) is 3.20. The van der Waals surface area contributed by atoms with E-state index in [1.54, 1.807) is 30.5 Å². The van der Waals surface area contributed by atoms with E-state index in [0.29, 0.717) is 46.4 Å². The number of sulfonamides is 1. The number of aromatic amines is 1. The Labute approximate surface area is 225 Å². The Kier molecular flexibility index (Phi) is 6.13. The third kappa shape index (κ3) is 4.99. The van der Waals surface area contributed by atoms with E-state index >= 15 is 0 Å². The third-order valence-corrected chi connectivity index (χ3v) is 7.36. The van der Waals surface area contributed by atoms with E-state index in [2.05, 4.69) is 53.2 Å². The fraction of sp³-hybridized carbons (Fsp3) is 0.269. The summed E-state index contributed by atoms with van der Waals surface area (Å²) >= 11 is 0. The first kappa shape index (κ1) is 24.8. The van der Waals surface area contributed by atoms with Crippen molar-refractivity contribution in [3.8, 4) is 11.8 Å². The van der Waals surface area contributed by atoms with Crippen molar-refractivity contribution in [2.75, 3.05) is 59.8 Å². The summed E-state index contributed by atoms with van der Waals surface area (Å²) in [6, 6.07) is 15.3. The summed E-state index contributed by atoms with van der Waals surface area (Å²) in [6.07, 6.45) is 2.65. The summed E-state index contributed by atoms with van der Waals surface area (Å²) in [5.41, 5.74) is 3.46. The summed E-state index contributed by atoms with van der Waals surface area (Å²) in [4.78, 5) is 17.0. The topological polar surface area (TPSA) is 151 Å². The number of hydrogen-bond donors (Lipinski definition) is 4. The number of benzene rings is 2. The van der Waals surface area contributed by atoms with Crippen LogP contribution in [0.25, 0.3) is 11.0 Å². The van der Waals surface area contributed by atoms with Crippen LogP contribution in [0.5, 0.6) is 5.75 Å². The third-order valence-electron chi connectivity index (χ3n) is 6.77. The van der Waals surface area contributed by atoms with Gasteiger partial charge in [0.2, 0.25) is 16.0 Å². The second-order valence-corrected chi connectivity index (χ2v) is 11.5. The van der Waals surface area contributed by atoms with Crippen LogP contribution in [0.2, 0.25) is 0 Å². The Morgan fingerprint density at radius 3 is 2.74 bits per heavy atom. The van der Waals surface area contributed by atoms with Gasteiger partial charge in [-0.25, -0.2) is 8.42 Å². The van der Waals surface area contributed by atoms with Gasteiger partial charge in [0, 0.05) is 37.6 Å². The van der Waals surface area contributed by atoms with E-state index in [1.807, 2.05) is 18.2 Å². The van der Waals surface area contributed by atoms with Gasteiger partial charge in [-0.3, -0.25) is 4.72 Å². The van der Waals surface area contributed by atoms with Crippen LogP contribution >= 0.6 is 0 Å². The molecule has 39 heavy (non-hydrogen) atoms. The normalized spacial score (nSPS) is 17.1. The average Bonchev–Trinajstić information content (AvgIpc) is 3.32. The highest BCUT2D eigenvalue weighted by molar-refractivity contribution is 7.92. The number of likely N-dealkylation sites (N-methyl/N-ethyl adjacent to an activating group) is 1. The minimum Gasteiger partial charge on any atom is -0.489 e. The van der Waals surface area contributed by atoms with Crippen LogP contribution in [-0.4, -0.2) is 73.9 Å². The predicted molar refractivity (Wildman–Crippen MR) is 151 cm³/mol. The van der Waals surface area contributed by atoms with Crippen molar-refractivity contribution in [1.29, 1.82) is 5.26 Å². The summed E-state index contributed by atoms with van der Waals surface area (Å²) in [5.74, 6) is 1.43. The SMILES string of the molecule is CN1CCN2c3ccc(Nc4nc(Nc5ccccc5NS(C)(=O)=O)c5c(C#N)c[nH]c5n4)cc3OC[C@H]2C1. The number of hydrogen-bond acceptors (Lipinski definition) is 10. The van der Waals surface area contributed by atoms with Crippen molar-refractivity contribution < 1.29 is 13.2 Å². The van der Waals surface area contributed by atoms with E-state index < -0.39 is 10.0 Å². The van der Waals surface area contributed by atoms with Crippen molar-refractivity contribution in [2.45, 2.75) is 6.04 Å². The number of nitrogens with zero attached hydrogens (tertiary/aromatic N) is 5. The van der Waals surface area contributed by atoms with Crippen molar-refractivity contribution >= 4 is 55.6 Å². The molecule has 0 saturated carbocycles. The van der Waals surface area contributed by atoms with Crippen LogP contribution in [0.4, 0.5) is 34.5 Å². The second-order valence-electron chi connectivity index (χ2n) is 9.71. The summed E-state index contributed by atoms with van der Waals surface area (Å²) in [6.45, 7) is 3.54. The van der Waals surface area contributed by atoms with Gasteiger partial charge in [-0.15, -0.1) is 0 Å². The summed E-state index contributed by atoms with van der Waals surface area (Å²) < 4.78 is 32.4. The van der Waals surface area contributed by atoms with E-state index in [4.69, 9.17) is 4.74 Å². The molecule has 6 rings (SSSR count). The number of H-pyrrole nitrogens is 1. The summed E-state index contributed by atoms with van der Waals surface area (Å²) in [7, 11) is -1.39. The number of fused-ring (bicyclic) bond motifs is 4. The minimum atomic E-state index is -3.51. The van der Waals surface area contributed by atoms with Gasteiger partial charge in [0.1, 0.15) is 29.9 Å². The molecule has 0 bridgehead atoms. The molecular formula is C26H27N9O3S. The molecular weight excluding hydrogens is 518 g/mol. The quantitative estimate of drug-likeness (QED) is 0.284. The molecule has 2 aromatic carbocycles. The molecule has 4 N–H and O–H groups in total. The molecule has 4 heterocycles. The number of nitriles is 1. The molecule has 0 amide bonds. The Balaban J connectivity index is 1.33. The first-order valence-corrected chi connectivity index (χ1v) is 14.3. The molecule has 4 aromatic rings. The van der Waals surface area contributed by atoms with E-state index in [1.165, 1.54) is 0 Å². The zero-order valence-electron chi connectivity index (χ0n) is 21.4. The zero-order chi connectivity index (χ0) is 27.1. The Morgan fingerprint density at radius 2 is 1.95 bits per heavy atom. The molecule has 0 spiro atoms. The standard InChI is InChI=1S/C26H27N9O3S/c1-34-9-10-35-18(14-34)15-38-22-11-17(7-8-21(22)35)29-26-31-24-23(16(12-27)13-28-24)25(32-26)30-19-5-3-4-6-20(19)33-39(2,36)37/h3-8,11,13,18,33H,9-10,14-15H2,1-2H3,(H3,28,29,30,31,32)/t18-/m1/s1. The van der Waals surface area contributed by atoms with Gasteiger partial charge >= 0.3 is 0 Å². The second kappa shape index (κ2) is 9.64. The lowest BCUT2D eigenvalue weighted by Crippen LogP contribution is -2.56. The lowest BCUT2D eigenvalue weighted by atomic mass is 10.1. The lowest BCUT2D eigenvalue weighted by molar-refractivity contribution is 0.188. The molecule has 1 atom stereocenters. The Morgan fingerprint density at radius 1 is 1.13 bits per heavy atom. The zero-order valence-corrected chi connectivity index (χ0v) is 22.2. The fourth-order valence-electron chi connectivity index (χ4n) is 5.01. The van der Waals surface area contributed by atoms with Gasteiger partial charge < -0.3 is 30.2 Å². The molecule has 1 fully saturated rings. The largest absolute Gasteiger partial charge is 0.489 e. The molecule has 12 nitrogen and oxygen atoms in total. The molecule has 0 unspecified atom stereocenters. The van der Waals surface area contributed by atoms with Crippen LogP contribution in [0, 0.1) is 11.3 Å². The number of anilines is 6. The molecule has 2 aromatic heterocycles. The average molecular weight is 546 g/mol. The van der Waals surface area contributed by atoms with Gasteiger partial charge in [-0.05, 0) is 31.3 Å². The van der Waals surface area contributed by atoms with Gasteiger partial charge in [-0.1, -0.05) is 12.1 Å². The maximum absolute atomic E-state index is 11.9. The maximum Gasteiger partial charge on any atom is 0.231 e. The van der Waals surface area contributed by atoms with Gasteiger partial charge in [0.25, 0.3) is 0 Å². The highest BCUT2D eigenvalue weighted by Crippen LogP contribution is 2.38. The van der Waals surface area contributed by atoms with Crippen molar-refractivity contribution in [3.05, 3.63) is 54.2 Å². The van der Waals surface area contributed by atoms with Crippen molar-refractivity contribution in [3.63, 3.8) is 0 Å². The minimum absolute atomic E-state index is 0.290. The van der Waals surface area contributed by atoms with Gasteiger partial charge in [0.05, 0.1) is 40.3 Å². The summed E-state index contributed by atoms with van der Waals surface area (Å²) in [5, 5.41) is 16.6. The molecule has 13 heteroatoms. The first-order valence-electron chi connectivity index (χ1n) is 12.4. The first-order chi connectivity index (χ1) is 18.8. The van der Waals surface area contributed by atoms with Crippen molar-refractivity contribution in [1.82, 2.24) is 19.9 Å². The van der Waals surface area contributed by atoms with Gasteiger partial charge in [0.15, 0.2) is 0 Å². The number of piperazine rings is 1. The highest BCUT2D eigenvalue weighted by Gasteiger charge is 2.31. The van der Waals surface area contributed by atoms with Crippen molar-refractivity contribution in [2.24, 2.45) is 0 Å². The molecule has 2 aliphatic heterocycles. The lowest BCUT2D eigenvalue weighted by Gasteiger charge is -2.44. The smallest absolute Gasteiger partial charge is 0.231 e. The van der Waals surface area contributed by atoms with E-state index in [0.717, 1.165) is 43.0 Å².